The maximum absolute atomic E-state index is 13.2. The second-order valence-electron chi connectivity index (χ2n) is 7.60. The van der Waals surface area contributed by atoms with Gasteiger partial charge in [0, 0.05) is 36.4 Å². The zero-order valence-electron chi connectivity index (χ0n) is 18.9. The maximum atomic E-state index is 13.2. The van der Waals surface area contributed by atoms with E-state index in [4.69, 9.17) is 4.74 Å². The molecule has 3 aromatic carbocycles. The average Bonchev–Trinajstić information content (AvgIpc) is 2.87. The molecule has 0 aliphatic heterocycles. The van der Waals surface area contributed by atoms with Gasteiger partial charge in [0.1, 0.15) is 11.6 Å². The van der Waals surface area contributed by atoms with Gasteiger partial charge >= 0.3 is 0 Å². The van der Waals surface area contributed by atoms with E-state index in [-0.39, 0.29) is 5.91 Å². The zero-order chi connectivity index (χ0) is 23.0. The van der Waals surface area contributed by atoms with Crippen LogP contribution in [0.15, 0.2) is 84.9 Å². The fraction of sp³-hybridized carbons (Fsp3) is 0.185. The summed E-state index contributed by atoms with van der Waals surface area (Å²) in [5.41, 5.74) is 3.38. The van der Waals surface area contributed by atoms with Crippen LogP contribution in [0.4, 0.5) is 17.2 Å². The van der Waals surface area contributed by atoms with Crippen LogP contribution in [0.1, 0.15) is 17.3 Å². The number of para-hydroxylation sites is 2. The van der Waals surface area contributed by atoms with Crippen LogP contribution in [0, 0.1) is 0 Å². The van der Waals surface area contributed by atoms with Crippen LogP contribution in [0.2, 0.25) is 0 Å². The monoisotopic (exact) mass is 440 g/mol. The molecular formula is C27H28N4O2. The highest BCUT2D eigenvalue weighted by atomic mass is 16.5. The molecule has 0 aliphatic rings. The number of nitrogens with zero attached hydrogens (tertiary/aromatic N) is 2. The lowest BCUT2D eigenvalue weighted by molar-refractivity contribution is 0.0956. The van der Waals surface area contributed by atoms with E-state index in [9.17, 15) is 4.79 Å². The van der Waals surface area contributed by atoms with Crippen molar-refractivity contribution in [1.29, 1.82) is 0 Å². The normalized spacial score (nSPS) is 10.6. The molecule has 1 amide bonds. The fourth-order valence-corrected chi connectivity index (χ4v) is 3.76. The molecule has 0 fully saturated rings. The summed E-state index contributed by atoms with van der Waals surface area (Å²) in [5, 5.41) is 7.20. The Hall–Kier alpha value is -4.06. The van der Waals surface area contributed by atoms with Crippen LogP contribution in [0.5, 0.6) is 5.75 Å². The number of amides is 1. The van der Waals surface area contributed by atoms with Crippen molar-refractivity contribution in [2.24, 2.45) is 0 Å². The van der Waals surface area contributed by atoms with Crippen molar-refractivity contribution in [2.75, 3.05) is 37.0 Å². The van der Waals surface area contributed by atoms with Gasteiger partial charge in [-0.2, -0.15) is 0 Å². The Morgan fingerprint density at radius 2 is 1.70 bits per heavy atom. The topological polar surface area (TPSA) is 66.5 Å². The molecule has 0 radical (unpaired) electrons. The molecule has 6 heteroatoms. The molecule has 0 spiro atoms. The van der Waals surface area contributed by atoms with Gasteiger partial charge in [-0.3, -0.25) is 4.79 Å². The van der Waals surface area contributed by atoms with Gasteiger partial charge in [0.15, 0.2) is 0 Å². The third kappa shape index (κ3) is 5.41. The minimum atomic E-state index is -0.115. The number of nitrogens with one attached hydrogen (secondary N) is 2. The van der Waals surface area contributed by atoms with E-state index in [1.54, 1.807) is 13.2 Å². The van der Waals surface area contributed by atoms with Gasteiger partial charge in [0.05, 0.1) is 18.2 Å². The molecule has 1 heterocycles. The Morgan fingerprint density at radius 1 is 0.970 bits per heavy atom. The molecular weight excluding hydrogens is 412 g/mol. The molecule has 0 atom stereocenters. The van der Waals surface area contributed by atoms with Gasteiger partial charge in [-0.1, -0.05) is 36.4 Å². The van der Waals surface area contributed by atoms with E-state index in [1.165, 1.54) is 0 Å². The Morgan fingerprint density at radius 3 is 2.42 bits per heavy atom. The third-order valence-electron chi connectivity index (χ3n) is 5.49. The number of hydrogen-bond acceptors (Lipinski definition) is 5. The summed E-state index contributed by atoms with van der Waals surface area (Å²) < 4.78 is 5.22. The number of carbonyl (C=O) groups excluding carboxylic acids is 1. The van der Waals surface area contributed by atoms with E-state index in [0.29, 0.717) is 17.9 Å². The van der Waals surface area contributed by atoms with Crippen molar-refractivity contribution in [1.82, 2.24) is 10.3 Å². The van der Waals surface area contributed by atoms with Gasteiger partial charge in [0.25, 0.3) is 5.91 Å². The van der Waals surface area contributed by atoms with Crippen molar-refractivity contribution in [3.05, 3.63) is 90.5 Å². The number of fused-ring (bicyclic) bond motifs is 1. The lowest BCUT2D eigenvalue weighted by Crippen LogP contribution is -2.35. The molecule has 0 saturated carbocycles. The summed E-state index contributed by atoms with van der Waals surface area (Å²) >= 11 is 0. The lowest BCUT2D eigenvalue weighted by atomic mass is 10.1. The fourth-order valence-electron chi connectivity index (χ4n) is 3.76. The lowest BCUT2D eigenvalue weighted by Gasteiger charge is -2.23. The van der Waals surface area contributed by atoms with E-state index >= 15 is 0 Å². The molecule has 0 bridgehead atoms. The first kappa shape index (κ1) is 22.1. The summed E-state index contributed by atoms with van der Waals surface area (Å²) in [6, 6.07) is 27.3. The predicted octanol–water partition coefficient (Wildman–Crippen LogP) is 5.24. The minimum absolute atomic E-state index is 0.115. The first-order chi connectivity index (χ1) is 16.2. The Balaban J connectivity index is 1.51. The number of methoxy groups -OCH3 is 1. The summed E-state index contributed by atoms with van der Waals surface area (Å²) in [4.78, 5) is 20.1. The number of rotatable bonds is 9. The maximum Gasteiger partial charge on any atom is 0.252 e. The highest BCUT2D eigenvalue weighted by molar-refractivity contribution is 6.07. The summed E-state index contributed by atoms with van der Waals surface area (Å²) in [7, 11) is 1.64. The van der Waals surface area contributed by atoms with E-state index in [2.05, 4.69) is 39.6 Å². The van der Waals surface area contributed by atoms with E-state index < -0.39 is 0 Å². The zero-order valence-corrected chi connectivity index (χ0v) is 18.9. The quantitative estimate of drug-likeness (QED) is 0.372. The molecule has 1 aromatic heterocycles. The number of pyridine rings is 1. The van der Waals surface area contributed by atoms with Crippen molar-refractivity contribution < 1.29 is 9.53 Å². The van der Waals surface area contributed by atoms with E-state index in [1.807, 2.05) is 66.7 Å². The number of hydrogen-bond donors (Lipinski definition) is 2. The SMILES string of the molecule is CCN(CCNC(=O)c1cc(Nc2ccc(OC)cc2)nc2ccccc12)c1ccccc1. The molecule has 0 saturated heterocycles. The van der Waals surface area contributed by atoms with Crippen LogP contribution in [-0.4, -0.2) is 37.6 Å². The summed E-state index contributed by atoms with van der Waals surface area (Å²) in [6.07, 6.45) is 0. The first-order valence-electron chi connectivity index (χ1n) is 11.1. The molecule has 4 aromatic rings. The van der Waals surface area contributed by atoms with Crippen molar-refractivity contribution >= 4 is 34.0 Å². The number of likely N-dealkylation sites (N-methyl/N-ethyl adjacent to an activating group) is 1. The molecule has 33 heavy (non-hydrogen) atoms. The number of benzene rings is 3. The molecule has 6 nitrogen and oxygen atoms in total. The van der Waals surface area contributed by atoms with Crippen molar-refractivity contribution in [3.8, 4) is 5.75 Å². The molecule has 168 valence electrons. The van der Waals surface area contributed by atoms with Crippen LogP contribution in [-0.2, 0) is 0 Å². The number of aromatic nitrogens is 1. The minimum Gasteiger partial charge on any atom is -0.497 e. The Kier molecular flexibility index (Phi) is 7.05. The number of ether oxygens (including phenoxy) is 1. The van der Waals surface area contributed by atoms with E-state index in [0.717, 1.165) is 41.1 Å². The second-order valence-corrected chi connectivity index (χ2v) is 7.60. The van der Waals surface area contributed by atoms with Crippen LogP contribution >= 0.6 is 0 Å². The second kappa shape index (κ2) is 10.5. The molecule has 0 aliphatic carbocycles. The predicted molar refractivity (Wildman–Crippen MR) is 135 cm³/mol. The highest BCUT2D eigenvalue weighted by Crippen LogP contribution is 2.24. The number of anilines is 3. The van der Waals surface area contributed by atoms with Gasteiger partial charge in [0.2, 0.25) is 0 Å². The van der Waals surface area contributed by atoms with Crippen LogP contribution < -0.4 is 20.3 Å². The molecule has 4 rings (SSSR count). The van der Waals surface area contributed by atoms with Gasteiger partial charge < -0.3 is 20.3 Å². The Labute approximate surface area is 194 Å². The highest BCUT2D eigenvalue weighted by Gasteiger charge is 2.14. The van der Waals surface area contributed by atoms with Crippen LogP contribution in [0.25, 0.3) is 10.9 Å². The van der Waals surface area contributed by atoms with Crippen molar-refractivity contribution in [3.63, 3.8) is 0 Å². The third-order valence-corrected chi connectivity index (χ3v) is 5.49. The summed E-state index contributed by atoms with van der Waals surface area (Å²) in [6.45, 7) is 4.25. The van der Waals surface area contributed by atoms with Crippen molar-refractivity contribution in [2.45, 2.75) is 6.92 Å². The Bertz CT molecular complexity index is 1210. The molecule has 0 unspecified atom stereocenters. The summed E-state index contributed by atoms with van der Waals surface area (Å²) in [5.74, 6) is 1.28. The first-order valence-corrected chi connectivity index (χ1v) is 11.1. The largest absolute Gasteiger partial charge is 0.497 e. The van der Waals surface area contributed by atoms with Gasteiger partial charge in [-0.15, -0.1) is 0 Å². The smallest absolute Gasteiger partial charge is 0.252 e. The number of carbonyl (C=O) groups is 1. The van der Waals surface area contributed by atoms with Gasteiger partial charge in [-0.25, -0.2) is 4.98 Å². The van der Waals surface area contributed by atoms with Gasteiger partial charge in [-0.05, 0) is 55.5 Å². The molecule has 2 N–H and O–H groups in total. The average molecular weight is 441 g/mol. The standard InChI is InChI=1S/C27H28N4O2/c1-3-31(21-9-5-4-6-10-21)18-17-28-27(32)24-19-26(30-25-12-8-7-11-23(24)25)29-20-13-15-22(33-2)16-14-20/h4-16,19H,3,17-18H2,1-2H3,(H,28,32)(H,29,30). The van der Waals surface area contributed by atoms with Crippen LogP contribution in [0.3, 0.4) is 0 Å².